The molecule has 0 spiro atoms. The van der Waals surface area contributed by atoms with Crippen LogP contribution < -0.4 is 9.18 Å². The van der Waals surface area contributed by atoms with Crippen LogP contribution in [0.25, 0.3) is 21.5 Å². The summed E-state index contributed by atoms with van der Waals surface area (Å²) in [6, 6.07) is 16.3. The van der Waals surface area contributed by atoms with Crippen molar-refractivity contribution in [1.82, 2.24) is 9.36 Å². The molecule has 5 rings (SSSR count). The van der Waals surface area contributed by atoms with Gasteiger partial charge >= 0.3 is 4.87 Å². The van der Waals surface area contributed by atoms with E-state index in [4.69, 9.17) is 0 Å². The maximum absolute atomic E-state index is 13.7. The average Bonchev–Trinajstić information content (AvgIpc) is 3.37. The Bertz CT molecular complexity index is 1330. The molecule has 1 fully saturated rings. The van der Waals surface area contributed by atoms with Gasteiger partial charge in [0.05, 0.1) is 4.90 Å². The lowest BCUT2D eigenvalue weighted by atomic mass is 10.2. The van der Waals surface area contributed by atoms with E-state index in [1.54, 1.807) is 28.6 Å². The van der Waals surface area contributed by atoms with Gasteiger partial charge in [-0.2, -0.15) is 4.37 Å². The highest BCUT2D eigenvalue weighted by Gasteiger charge is 2.39. The number of H-pyrrole nitrogens is 1. The number of sulfonamides is 1. The minimum Gasteiger partial charge on any atom is -0.296 e. The molecule has 1 atom stereocenters. The maximum atomic E-state index is 13.7. The standard InChI is InChI=1S/C21H19N3O3S3/c1-13(14-6-7-14)24(19-12-16-4-2-3-5-18(16)28-19)30(26,27)17-10-8-15(9-11-17)20-22-21(25)29-23-20/h2-5,8-14H,6-7H2,1H3,(H,22,23,25). The summed E-state index contributed by atoms with van der Waals surface area (Å²) in [5.41, 5.74) is 0.677. The third-order valence-electron chi connectivity index (χ3n) is 5.43. The molecule has 0 amide bonds. The van der Waals surface area contributed by atoms with Crippen LogP contribution in [0.1, 0.15) is 19.8 Å². The maximum Gasteiger partial charge on any atom is 0.323 e. The molecule has 0 bridgehead atoms. The van der Waals surface area contributed by atoms with Gasteiger partial charge in [0.2, 0.25) is 0 Å². The van der Waals surface area contributed by atoms with Crippen LogP contribution in [0, 0.1) is 5.92 Å². The predicted molar refractivity (Wildman–Crippen MR) is 122 cm³/mol. The molecule has 0 saturated heterocycles. The van der Waals surface area contributed by atoms with Gasteiger partial charge in [0, 0.05) is 27.8 Å². The summed E-state index contributed by atoms with van der Waals surface area (Å²) in [6.07, 6.45) is 2.10. The van der Waals surface area contributed by atoms with Gasteiger partial charge < -0.3 is 0 Å². The van der Waals surface area contributed by atoms with Crippen molar-refractivity contribution >= 4 is 48.0 Å². The number of hydrogen-bond acceptors (Lipinski definition) is 6. The lowest BCUT2D eigenvalue weighted by Gasteiger charge is -2.29. The van der Waals surface area contributed by atoms with Crippen molar-refractivity contribution in [3.63, 3.8) is 0 Å². The molecule has 1 unspecified atom stereocenters. The zero-order valence-corrected chi connectivity index (χ0v) is 18.6. The first-order valence-electron chi connectivity index (χ1n) is 9.63. The van der Waals surface area contributed by atoms with E-state index < -0.39 is 10.0 Å². The Morgan fingerprint density at radius 3 is 2.50 bits per heavy atom. The van der Waals surface area contributed by atoms with Gasteiger partial charge in [0.15, 0.2) is 5.82 Å². The third-order valence-corrected chi connectivity index (χ3v) is 9.12. The van der Waals surface area contributed by atoms with E-state index in [0.717, 1.165) is 39.5 Å². The number of hydrogen-bond donors (Lipinski definition) is 1. The number of benzene rings is 2. The summed E-state index contributed by atoms with van der Waals surface area (Å²) >= 11 is 2.34. The number of nitrogens with one attached hydrogen (secondary N) is 1. The number of aromatic nitrogens is 2. The molecule has 1 aliphatic rings. The van der Waals surface area contributed by atoms with Gasteiger partial charge in [-0.05, 0) is 67.5 Å². The Morgan fingerprint density at radius 2 is 1.87 bits per heavy atom. The van der Waals surface area contributed by atoms with Crippen molar-refractivity contribution in [1.29, 1.82) is 0 Å². The quantitative estimate of drug-likeness (QED) is 0.455. The molecule has 1 aliphatic carbocycles. The molecule has 1 saturated carbocycles. The zero-order chi connectivity index (χ0) is 20.9. The fourth-order valence-electron chi connectivity index (χ4n) is 3.64. The molecule has 2 aromatic heterocycles. The van der Waals surface area contributed by atoms with Crippen LogP contribution in [-0.4, -0.2) is 23.8 Å². The van der Waals surface area contributed by atoms with Crippen LogP contribution in [0.5, 0.6) is 0 Å². The monoisotopic (exact) mass is 457 g/mol. The van der Waals surface area contributed by atoms with E-state index in [1.165, 1.54) is 11.3 Å². The summed E-state index contributed by atoms with van der Waals surface area (Å²) in [5, 5.41) is 1.78. The number of anilines is 1. The Morgan fingerprint density at radius 1 is 1.13 bits per heavy atom. The molecular formula is C21H19N3O3S3. The molecule has 0 aliphatic heterocycles. The normalized spacial score (nSPS) is 15.4. The molecule has 154 valence electrons. The summed E-state index contributed by atoms with van der Waals surface area (Å²) in [7, 11) is -3.75. The SMILES string of the molecule is CC(C1CC1)N(c1cc2ccccc2s1)S(=O)(=O)c1ccc(-c2nsc(=O)[nH]2)cc1. The van der Waals surface area contributed by atoms with E-state index in [-0.39, 0.29) is 15.8 Å². The van der Waals surface area contributed by atoms with E-state index in [9.17, 15) is 13.2 Å². The van der Waals surface area contributed by atoms with Gasteiger partial charge in [-0.15, -0.1) is 11.3 Å². The second-order valence-electron chi connectivity index (χ2n) is 7.47. The van der Waals surface area contributed by atoms with E-state index in [0.29, 0.717) is 17.3 Å². The number of nitrogens with zero attached hydrogens (tertiary/aromatic N) is 2. The van der Waals surface area contributed by atoms with Crippen LogP contribution in [-0.2, 0) is 10.0 Å². The highest BCUT2D eigenvalue weighted by molar-refractivity contribution is 7.93. The minimum atomic E-state index is -3.75. The fourth-order valence-corrected chi connectivity index (χ4v) is 7.18. The first-order valence-corrected chi connectivity index (χ1v) is 12.7. The van der Waals surface area contributed by atoms with E-state index in [2.05, 4.69) is 9.36 Å². The summed E-state index contributed by atoms with van der Waals surface area (Å²) in [5.74, 6) is 0.825. The Labute approximate surface area is 182 Å². The molecule has 2 aromatic carbocycles. The average molecular weight is 458 g/mol. The second-order valence-corrected chi connectivity index (χ2v) is 11.1. The molecule has 6 nitrogen and oxygen atoms in total. The van der Waals surface area contributed by atoms with Crippen molar-refractivity contribution < 1.29 is 8.42 Å². The van der Waals surface area contributed by atoms with Crippen molar-refractivity contribution in [2.75, 3.05) is 4.31 Å². The van der Waals surface area contributed by atoms with Gasteiger partial charge in [0.1, 0.15) is 5.00 Å². The molecule has 0 radical (unpaired) electrons. The van der Waals surface area contributed by atoms with Gasteiger partial charge in [-0.3, -0.25) is 14.1 Å². The second kappa shape index (κ2) is 7.33. The first kappa shape index (κ1) is 19.5. The molecule has 2 heterocycles. The van der Waals surface area contributed by atoms with Crippen LogP contribution in [0.2, 0.25) is 0 Å². The predicted octanol–water partition coefficient (Wildman–Crippen LogP) is 4.71. The van der Waals surface area contributed by atoms with Crippen LogP contribution in [0.15, 0.2) is 64.3 Å². The first-order chi connectivity index (χ1) is 14.4. The molecule has 30 heavy (non-hydrogen) atoms. The molecule has 9 heteroatoms. The number of thiophene rings is 1. The van der Waals surface area contributed by atoms with Gasteiger partial charge in [0.25, 0.3) is 10.0 Å². The van der Waals surface area contributed by atoms with Gasteiger partial charge in [-0.25, -0.2) is 8.42 Å². The van der Waals surface area contributed by atoms with E-state index in [1.807, 2.05) is 37.3 Å². The van der Waals surface area contributed by atoms with Crippen molar-refractivity contribution in [2.24, 2.45) is 5.92 Å². The number of aromatic amines is 1. The summed E-state index contributed by atoms with van der Waals surface area (Å²) in [6.45, 7) is 1.99. The Hall–Kier alpha value is -2.49. The molecular weight excluding hydrogens is 438 g/mol. The molecule has 4 aromatic rings. The summed E-state index contributed by atoms with van der Waals surface area (Å²) in [4.78, 5) is 14.0. The highest BCUT2D eigenvalue weighted by atomic mass is 32.2. The Kier molecular flexibility index (Phi) is 4.76. The van der Waals surface area contributed by atoms with E-state index >= 15 is 0 Å². The number of fused-ring (bicyclic) bond motifs is 1. The lowest BCUT2D eigenvalue weighted by Crippen LogP contribution is -2.39. The topological polar surface area (TPSA) is 83.1 Å². The summed E-state index contributed by atoms with van der Waals surface area (Å²) < 4.78 is 34.1. The van der Waals surface area contributed by atoms with Crippen LogP contribution in [0.3, 0.4) is 0 Å². The van der Waals surface area contributed by atoms with Gasteiger partial charge in [-0.1, -0.05) is 18.2 Å². The number of rotatable bonds is 6. The van der Waals surface area contributed by atoms with Crippen LogP contribution >= 0.6 is 22.9 Å². The minimum absolute atomic E-state index is 0.113. The van der Waals surface area contributed by atoms with Crippen molar-refractivity contribution in [3.8, 4) is 11.4 Å². The Balaban J connectivity index is 1.56. The lowest BCUT2D eigenvalue weighted by molar-refractivity contribution is 0.567. The molecule has 1 N–H and O–H groups in total. The van der Waals surface area contributed by atoms with Crippen LogP contribution in [0.4, 0.5) is 5.00 Å². The van der Waals surface area contributed by atoms with Crippen molar-refractivity contribution in [2.45, 2.75) is 30.7 Å². The van der Waals surface area contributed by atoms with Crippen molar-refractivity contribution in [3.05, 3.63) is 64.3 Å². The largest absolute Gasteiger partial charge is 0.323 e. The highest BCUT2D eigenvalue weighted by Crippen LogP contribution is 2.43. The third kappa shape index (κ3) is 3.46. The fraction of sp³-hybridized carbons (Fsp3) is 0.238. The zero-order valence-electron chi connectivity index (χ0n) is 16.1. The smallest absolute Gasteiger partial charge is 0.296 e.